The average molecular weight is 459 g/mol. The number of amides is 2. The fourth-order valence-corrected chi connectivity index (χ4v) is 5.22. The molecule has 0 fully saturated rings. The third kappa shape index (κ3) is 2.77. The zero-order chi connectivity index (χ0) is 24.2. The van der Waals surface area contributed by atoms with E-state index >= 15 is 0 Å². The Morgan fingerprint density at radius 3 is 2.59 bits per heavy atom. The molecule has 0 N–H and O–H groups in total. The Hall–Kier alpha value is -3.71. The van der Waals surface area contributed by atoms with E-state index < -0.39 is 11.4 Å². The quantitative estimate of drug-likeness (QED) is 0.416. The number of carbonyl (C=O) groups is 2. The van der Waals surface area contributed by atoms with Crippen LogP contribution in [0.5, 0.6) is 0 Å². The van der Waals surface area contributed by atoms with Crippen molar-refractivity contribution in [1.82, 2.24) is 4.90 Å². The molecule has 2 aromatic carbocycles. The van der Waals surface area contributed by atoms with Gasteiger partial charge in [-0.25, -0.2) is 0 Å². The molecule has 2 amide bonds. The van der Waals surface area contributed by atoms with Gasteiger partial charge in [0.25, 0.3) is 11.8 Å². The monoisotopic (exact) mass is 458 g/mol. The molecule has 2 aliphatic heterocycles. The Balaban J connectivity index is 1.87. The molecule has 5 rings (SSSR count). The largest absolute Gasteiger partial charge is 0.450 e. The van der Waals surface area contributed by atoms with Crippen LogP contribution in [0.3, 0.4) is 0 Å². The maximum Gasteiger partial charge on any atom is 0.291 e. The lowest BCUT2D eigenvalue weighted by Gasteiger charge is -2.34. The second-order valence-corrected chi connectivity index (χ2v) is 8.80. The maximum absolute atomic E-state index is 14.2. The van der Waals surface area contributed by atoms with Crippen molar-refractivity contribution in [2.75, 3.05) is 31.7 Å². The third-order valence-corrected chi connectivity index (χ3v) is 6.89. The minimum atomic E-state index is -1.59. The predicted octanol–water partition coefficient (Wildman–Crippen LogP) is 3.68. The summed E-state index contributed by atoms with van der Waals surface area (Å²) in [6, 6.07) is 10.8. The van der Waals surface area contributed by atoms with Gasteiger partial charge in [0, 0.05) is 32.4 Å². The second kappa shape index (κ2) is 7.95. The van der Waals surface area contributed by atoms with Crippen LogP contribution in [0.1, 0.15) is 39.2 Å². The van der Waals surface area contributed by atoms with E-state index in [0.29, 0.717) is 35.2 Å². The van der Waals surface area contributed by atoms with Gasteiger partial charge >= 0.3 is 0 Å². The highest BCUT2D eigenvalue weighted by molar-refractivity contribution is 6.17. The number of methoxy groups -OCH3 is 1. The molecule has 7 nitrogen and oxygen atoms in total. The minimum Gasteiger partial charge on any atom is -0.450 e. The van der Waals surface area contributed by atoms with Crippen molar-refractivity contribution in [1.29, 1.82) is 0 Å². The number of anilines is 1. The first kappa shape index (κ1) is 22.1. The molecule has 1 aromatic heterocycles. The van der Waals surface area contributed by atoms with Gasteiger partial charge in [0.1, 0.15) is 5.58 Å². The molecule has 3 aromatic rings. The molecule has 1 atom stereocenters. The van der Waals surface area contributed by atoms with Crippen LogP contribution < -0.4 is 10.3 Å². The highest BCUT2D eigenvalue weighted by Crippen LogP contribution is 2.52. The van der Waals surface area contributed by atoms with E-state index in [-0.39, 0.29) is 35.7 Å². The van der Waals surface area contributed by atoms with Crippen molar-refractivity contribution in [2.24, 2.45) is 0 Å². The van der Waals surface area contributed by atoms with Crippen LogP contribution >= 0.6 is 0 Å². The molecule has 2 aliphatic rings. The number of fused-ring (bicyclic) bond motifs is 5. The van der Waals surface area contributed by atoms with Gasteiger partial charge in [-0.2, -0.15) is 0 Å². The Labute approximate surface area is 197 Å². The summed E-state index contributed by atoms with van der Waals surface area (Å²) in [4.78, 5) is 45.1. The highest BCUT2D eigenvalue weighted by Gasteiger charge is 2.64. The third-order valence-electron chi connectivity index (χ3n) is 6.89. The summed E-state index contributed by atoms with van der Waals surface area (Å²) in [5.41, 5.74) is 1.63. The van der Waals surface area contributed by atoms with Crippen molar-refractivity contribution in [3.8, 4) is 0 Å². The summed E-state index contributed by atoms with van der Waals surface area (Å²) >= 11 is 0. The number of aryl methyl sites for hydroxylation is 2. The second-order valence-electron chi connectivity index (χ2n) is 8.80. The zero-order valence-corrected chi connectivity index (χ0v) is 19.5. The van der Waals surface area contributed by atoms with E-state index in [2.05, 4.69) is 6.58 Å². The fraction of sp³-hybridized carbons (Fsp3) is 0.296. The molecule has 0 aliphatic carbocycles. The van der Waals surface area contributed by atoms with Crippen LogP contribution in [-0.4, -0.2) is 43.5 Å². The standard InChI is InChI=1S/C27H26N2O5/c1-5-11-28-20-10-7-6-9-19(20)27(26(28)32)22-23(30)18-14-16(2)17(3)15-21(18)34-24(22)25(31)29(27)12-8-13-33-4/h5-7,9-10,14-15H,1,8,11-13H2,2-4H3. The average Bonchev–Trinajstić information content (AvgIpc) is 3.21. The summed E-state index contributed by atoms with van der Waals surface area (Å²) < 4.78 is 11.3. The van der Waals surface area contributed by atoms with E-state index in [4.69, 9.17) is 9.15 Å². The Morgan fingerprint density at radius 1 is 1.12 bits per heavy atom. The van der Waals surface area contributed by atoms with Crippen molar-refractivity contribution in [3.05, 3.63) is 87.3 Å². The Morgan fingerprint density at radius 2 is 1.85 bits per heavy atom. The summed E-state index contributed by atoms with van der Waals surface area (Å²) in [5.74, 6) is -0.887. The molecule has 3 heterocycles. The minimum absolute atomic E-state index is 0.0678. The van der Waals surface area contributed by atoms with Crippen molar-refractivity contribution < 1.29 is 18.7 Å². The number of hydrogen-bond acceptors (Lipinski definition) is 5. The number of hydrogen-bond donors (Lipinski definition) is 0. The summed E-state index contributed by atoms with van der Waals surface area (Å²) in [6.45, 7) is 8.52. The molecule has 0 radical (unpaired) electrons. The van der Waals surface area contributed by atoms with Gasteiger partial charge in [-0.1, -0.05) is 24.3 Å². The van der Waals surface area contributed by atoms with E-state index in [1.54, 1.807) is 30.2 Å². The van der Waals surface area contributed by atoms with Crippen LogP contribution in [0.2, 0.25) is 0 Å². The maximum atomic E-state index is 14.2. The van der Waals surface area contributed by atoms with Crippen LogP contribution in [0.25, 0.3) is 11.0 Å². The van der Waals surface area contributed by atoms with Crippen LogP contribution in [0.4, 0.5) is 5.69 Å². The van der Waals surface area contributed by atoms with Gasteiger partial charge in [-0.15, -0.1) is 6.58 Å². The molecule has 0 saturated carbocycles. The van der Waals surface area contributed by atoms with Gasteiger partial charge in [0.05, 0.1) is 16.6 Å². The highest BCUT2D eigenvalue weighted by atomic mass is 16.5. The molecule has 1 spiro atoms. The first-order valence-electron chi connectivity index (χ1n) is 11.3. The Bertz CT molecular complexity index is 1420. The van der Waals surface area contributed by atoms with E-state index in [1.165, 1.54) is 4.90 Å². The van der Waals surface area contributed by atoms with Crippen LogP contribution in [0.15, 0.2) is 58.3 Å². The smallest absolute Gasteiger partial charge is 0.291 e. The van der Waals surface area contributed by atoms with Crippen molar-refractivity contribution in [2.45, 2.75) is 25.8 Å². The molecule has 34 heavy (non-hydrogen) atoms. The van der Waals surface area contributed by atoms with Crippen LogP contribution in [0, 0.1) is 13.8 Å². The first-order valence-corrected chi connectivity index (χ1v) is 11.3. The number of nitrogens with zero attached hydrogens (tertiary/aromatic N) is 2. The lowest BCUT2D eigenvalue weighted by atomic mass is 9.83. The molecule has 174 valence electrons. The predicted molar refractivity (Wildman–Crippen MR) is 129 cm³/mol. The fourth-order valence-electron chi connectivity index (χ4n) is 5.22. The van der Waals surface area contributed by atoms with E-state index in [9.17, 15) is 14.4 Å². The van der Waals surface area contributed by atoms with Gasteiger partial charge in [-0.05, 0) is 49.6 Å². The normalized spacial score (nSPS) is 18.8. The zero-order valence-electron chi connectivity index (χ0n) is 19.5. The lowest BCUT2D eigenvalue weighted by molar-refractivity contribution is -0.126. The van der Waals surface area contributed by atoms with Crippen molar-refractivity contribution in [3.63, 3.8) is 0 Å². The topological polar surface area (TPSA) is 80.1 Å². The lowest BCUT2D eigenvalue weighted by Crippen LogP contribution is -2.53. The molecule has 1 unspecified atom stereocenters. The molecule has 0 saturated heterocycles. The van der Waals surface area contributed by atoms with E-state index in [0.717, 1.165) is 11.1 Å². The van der Waals surface area contributed by atoms with Gasteiger partial charge in [-0.3, -0.25) is 14.4 Å². The summed E-state index contributed by atoms with van der Waals surface area (Å²) in [7, 11) is 1.58. The summed E-state index contributed by atoms with van der Waals surface area (Å²) in [5, 5.41) is 0.361. The SMILES string of the molecule is C=CCN1C(=O)C2(c3ccccc31)c1c(oc3cc(C)c(C)cc3c1=O)C(=O)N2CCCOC. The Kier molecular flexibility index (Phi) is 5.17. The number of ether oxygens (including phenoxy) is 1. The molecular weight excluding hydrogens is 432 g/mol. The number of benzene rings is 2. The number of carbonyl (C=O) groups excluding carboxylic acids is 2. The molecule has 7 heteroatoms. The number of para-hydroxylation sites is 1. The molecular formula is C27H26N2O5. The van der Waals surface area contributed by atoms with Gasteiger partial charge in [0.2, 0.25) is 5.76 Å². The summed E-state index contributed by atoms with van der Waals surface area (Å²) in [6.07, 6.45) is 2.14. The number of rotatable bonds is 6. The molecule has 0 bridgehead atoms. The van der Waals surface area contributed by atoms with Crippen LogP contribution in [-0.2, 0) is 15.1 Å². The van der Waals surface area contributed by atoms with Gasteiger partial charge < -0.3 is 19.0 Å². The van der Waals surface area contributed by atoms with Crippen molar-refractivity contribution >= 4 is 28.5 Å². The first-order chi connectivity index (χ1) is 16.4. The van der Waals surface area contributed by atoms with Gasteiger partial charge in [0.15, 0.2) is 11.0 Å². The van der Waals surface area contributed by atoms with E-state index in [1.807, 2.05) is 38.1 Å².